The van der Waals surface area contributed by atoms with E-state index >= 15 is 0 Å². The first-order valence-electron chi connectivity index (χ1n) is 9.67. The number of para-hydroxylation sites is 1. The Morgan fingerprint density at radius 3 is 2.42 bits per heavy atom. The summed E-state index contributed by atoms with van der Waals surface area (Å²) in [5.74, 6) is 0.0881. The molecule has 0 aliphatic carbocycles. The van der Waals surface area contributed by atoms with Gasteiger partial charge in [-0.3, -0.25) is 4.79 Å². The van der Waals surface area contributed by atoms with Crippen LogP contribution in [-0.2, 0) is 14.9 Å². The fourth-order valence-electron chi connectivity index (χ4n) is 2.63. The summed E-state index contributed by atoms with van der Waals surface area (Å²) in [5.41, 5.74) is 3.51. The van der Waals surface area contributed by atoms with Crippen LogP contribution in [0.4, 0.5) is 0 Å². The maximum absolute atomic E-state index is 12.7. The molecule has 0 unspecified atom stereocenters. The normalized spacial score (nSPS) is 11.2. The summed E-state index contributed by atoms with van der Waals surface area (Å²) in [6.07, 6.45) is 1.25. The fourth-order valence-corrected chi connectivity index (χ4v) is 3.72. The molecule has 3 rings (SSSR count). The lowest BCUT2D eigenvalue weighted by molar-refractivity contribution is -0.123. The van der Waals surface area contributed by atoms with Crippen LogP contribution >= 0.6 is 11.6 Å². The summed E-state index contributed by atoms with van der Waals surface area (Å²) >= 11 is 5.81. The third-order valence-corrected chi connectivity index (χ3v) is 5.80. The maximum Gasteiger partial charge on any atom is 0.339 e. The highest BCUT2D eigenvalue weighted by Crippen LogP contribution is 2.32. The van der Waals surface area contributed by atoms with Crippen molar-refractivity contribution in [3.8, 4) is 17.2 Å². The number of hydrazone groups is 1. The highest BCUT2D eigenvalue weighted by molar-refractivity contribution is 7.87. The van der Waals surface area contributed by atoms with E-state index in [1.807, 2.05) is 6.92 Å². The van der Waals surface area contributed by atoms with E-state index in [1.54, 1.807) is 54.6 Å². The largest absolute Gasteiger partial charge is 0.493 e. The van der Waals surface area contributed by atoms with Gasteiger partial charge in [-0.1, -0.05) is 35.4 Å². The molecule has 0 fully saturated rings. The van der Waals surface area contributed by atoms with Gasteiger partial charge in [-0.25, -0.2) is 5.43 Å². The van der Waals surface area contributed by atoms with Gasteiger partial charge >= 0.3 is 10.1 Å². The molecule has 1 amide bonds. The minimum absolute atomic E-state index is 0.00505. The van der Waals surface area contributed by atoms with Gasteiger partial charge in [0.05, 0.1) is 13.3 Å². The molecule has 3 aromatic rings. The number of ether oxygens (including phenoxy) is 2. The van der Waals surface area contributed by atoms with Crippen molar-refractivity contribution in [1.29, 1.82) is 0 Å². The Morgan fingerprint density at radius 1 is 1.06 bits per heavy atom. The summed E-state index contributed by atoms with van der Waals surface area (Å²) in [6, 6.07) is 17.5. The van der Waals surface area contributed by atoms with Crippen LogP contribution in [0.1, 0.15) is 11.1 Å². The summed E-state index contributed by atoms with van der Waals surface area (Å²) in [4.78, 5) is 12.0. The van der Waals surface area contributed by atoms with Gasteiger partial charge in [-0.15, -0.1) is 0 Å². The maximum atomic E-state index is 12.7. The molecule has 0 spiro atoms. The van der Waals surface area contributed by atoms with Crippen LogP contribution in [0, 0.1) is 6.92 Å². The number of carbonyl (C=O) groups is 1. The molecular weight excluding hydrogens is 468 g/mol. The van der Waals surface area contributed by atoms with Crippen LogP contribution in [0.2, 0.25) is 5.02 Å². The molecule has 0 bridgehead atoms. The molecule has 0 saturated heterocycles. The third-order valence-electron chi connectivity index (χ3n) is 4.31. The van der Waals surface area contributed by atoms with Crippen molar-refractivity contribution < 1.29 is 26.9 Å². The number of amides is 1. The number of halogens is 1. The second-order valence-corrected chi connectivity index (χ2v) is 8.75. The number of nitrogens with one attached hydrogen (secondary N) is 1. The molecule has 0 aromatic heterocycles. The first kappa shape index (κ1) is 24.1. The Hall–Kier alpha value is -3.56. The Morgan fingerprint density at radius 2 is 1.76 bits per heavy atom. The van der Waals surface area contributed by atoms with Gasteiger partial charge in [0.2, 0.25) is 0 Å². The number of benzene rings is 3. The van der Waals surface area contributed by atoms with Crippen LogP contribution < -0.4 is 19.1 Å². The quantitative estimate of drug-likeness (QED) is 0.278. The SMILES string of the molecule is COc1cccc(/C=N\NC(=O)COc2ccc(Cl)cc2)c1OS(=O)(=O)c1ccc(C)cc1. The molecule has 3 aromatic carbocycles. The van der Waals surface area contributed by atoms with Crippen LogP contribution in [0.5, 0.6) is 17.2 Å². The van der Waals surface area contributed by atoms with Gasteiger partial charge in [0.1, 0.15) is 10.6 Å². The molecule has 0 heterocycles. The Balaban J connectivity index is 1.71. The van der Waals surface area contributed by atoms with E-state index in [9.17, 15) is 13.2 Å². The number of hydrogen-bond donors (Lipinski definition) is 1. The molecule has 0 aliphatic heterocycles. The third kappa shape index (κ3) is 6.71. The number of hydrogen-bond acceptors (Lipinski definition) is 7. The number of aryl methyl sites for hydroxylation is 1. The lowest BCUT2D eigenvalue weighted by Gasteiger charge is -2.13. The van der Waals surface area contributed by atoms with E-state index < -0.39 is 16.0 Å². The van der Waals surface area contributed by atoms with Crippen molar-refractivity contribution in [3.05, 3.63) is 82.9 Å². The number of carbonyl (C=O) groups excluding carboxylic acids is 1. The molecule has 172 valence electrons. The van der Waals surface area contributed by atoms with Gasteiger partial charge in [0, 0.05) is 10.6 Å². The van der Waals surface area contributed by atoms with Crippen molar-refractivity contribution in [2.45, 2.75) is 11.8 Å². The van der Waals surface area contributed by atoms with Crippen LogP contribution in [0.25, 0.3) is 0 Å². The monoisotopic (exact) mass is 488 g/mol. The van der Waals surface area contributed by atoms with Crippen molar-refractivity contribution in [3.63, 3.8) is 0 Å². The molecule has 0 atom stereocenters. The minimum Gasteiger partial charge on any atom is -0.493 e. The van der Waals surface area contributed by atoms with E-state index in [-0.39, 0.29) is 28.6 Å². The summed E-state index contributed by atoms with van der Waals surface area (Å²) in [6.45, 7) is 1.57. The predicted octanol–water partition coefficient (Wildman–Crippen LogP) is 3.95. The van der Waals surface area contributed by atoms with Gasteiger partial charge in [-0.2, -0.15) is 13.5 Å². The van der Waals surface area contributed by atoms with Gasteiger partial charge < -0.3 is 13.7 Å². The molecule has 10 heteroatoms. The number of nitrogens with zero attached hydrogens (tertiary/aromatic N) is 1. The molecule has 0 radical (unpaired) electrons. The molecule has 33 heavy (non-hydrogen) atoms. The molecule has 0 aliphatic rings. The van der Waals surface area contributed by atoms with Gasteiger partial charge in [0.15, 0.2) is 18.1 Å². The molecular formula is C23H21ClN2O6S. The standard InChI is InChI=1S/C23H21ClN2O6S/c1-16-6-12-20(13-7-16)33(28,29)32-23-17(4-3-5-21(23)30-2)14-25-26-22(27)15-31-19-10-8-18(24)9-11-19/h3-14H,15H2,1-2H3,(H,26,27)/b25-14-. The highest BCUT2D eigenvalue weighted by Gasteiger charge is 2.21. The van der Waals surface area contributed by atoms with E-state index in [0.717, 1.165) is 5.56 Å². The summed E-state index contributed by atoms with van der Waals surface area (Å²) < 4.78 is 41.4. The van der Waals surface area contributed by atoms with Crippen molar-refractivity contribution >= 4 is 33.8 Å². The summed E-state index contributed by atoms with van der Waals surface area (Å²) in [7, 11) is -2.74. The zero-order chi connectivity index (χ0) is 23.8. The Kier molecular flexibility index (Phi) is 7.92. The van der Waals surface area contributed by atoms with Gasteiger partial charge in [0.25, 0.3) is 5.91 Å². The first-order valence-corrected chi connectivity index (χ1v) is 11.5. The zero-order valence-electron chi connectivity index (χ0n) is 17.8. The minimum atomic E-state index is -4.13. The van der Waals surface area contributed by atoms with E-state index in [2.05, 4.69) is 10.5 Å². The predicted molar refractivity (Wildman–Crippen MR) is 125 cm³/mol. The lowest BCUT2D eigenvalue weighted by atomic mass is 10.2. The topological polar surface area (TPSA) is 103 Å². The zero-order valence-corrected chi connectivity index (χ0v) is 19.4. The summed E-state index contributed by atoms with van der Waals surface area (Å²) in [5, 5.41) is 4.42. The van der Waals surface area contributed by atoms with E-state index in [0.29, 0.717) is 10.8 Å². The first-order chi connectivity index (χ1) is 15.8. The van der Waals surface area contributed by atoms with E-state index in [4.69, 9.17) is 25.3 Å². The van der Waals surface area contributed by atoms with Crippen molar-refractivity contribution in [2.24, 2.45) is 5.10 Å². The second kappa shape index (κ2) is 10.8. The highest BCUT2D eigenvalue weighted by atomic mass is 35.5. The van der Waals surface area contributed by atoms with Crippen LogP contribution in [-0.4, -0.2) is 34.3 Å². The lowest BCUT2D eigenvalue weighted by Crippen LogP contribution is -2.24. The Labute approximate surface area is 196 Å². The number of methoxy groups -OCH3 is 1. The fraction of sp³-hybridized carbons (Fsp3) is 0.130. The average Bonchev–Trinajstić information content (AvgIpc) is 2.79. The number of rotatable bonds is 9. The van der Waals surface area contributed by atoms with Gasteiger partial charge in [-0.05, 0) is 55.5 Å². The van der Waals surface area contributed by atoms with Crippen molar-refractivity contribution in [1.82, 2.24) is 5.43 Å². The van der Waals surface area contributed by atoms with E-state index in [1.165, 1.54) is 25.5 Å². The molecule has 0 saturated carbocycles. The molecule has 1 N–H and O–H groups in total. The Bertz CT molecular complexity index is 1240. The average molecular weight is 489 g/mol. The second-order valence-electron chi connectivity index (χ2n) is 6.76. The van der Waals surface area contributed by atoms with Crippen LogP contribution in [0.15, 0.2) is 76.7 Å². The smallest absolute Gasteiger partial charge is 0.339 e. The molecule has 8 nitrogen and oxygen atoms in total. The van der Waals surface area contributed by atoms with Crippen molar-refractivity contribution in [2.75, 3.05) is 13.7 Å². The van der Waals surface area contributed by atoms with Crippen LogP contribution in [0.3, 0.4) is 0 Å².